The summed E-state index contributed by atoms with van der Waals surface area (Å²) in [6, 6.07) is 4.69. The van der Waals surface area contributed by atoms with E-state index in [1.54, 1.807) is 18.5 Å². The molecular weight excluding hydrogens is 245 g/mol. The Kier molecular flexibility index (Phi) is 1.51. The van der Waals surface area contributed by atoms with E-state index in [4.69, 9.17) is 0 Å². The summed E-state index contributed by atoms with van der Waals surface area (Å²) in [5, 5.41) is 4.49. The standard InChI is InChI=1S/C9H8GeS2/c1-10-6-2-4-11-8(6)9-7(10)3-5-12-9/h2-5,10H,1H3. The summed E-state index contributed by atoms with van der Waals surface area (Å²) in [6.45, 7) is 0. The van der Waals surface area contributed by atoms with E-state index >= 15 is 0 Å². The SMILES string of the molecule is [CH3][GeH]1[c]2ccsc2-c2scc[c]21. The van der Waals surface area contributed by atoms with Crippen LogP contribution in [0.4, 0.5) is 0 Å². The van der Waals surface area contributed by atoms with Crippen molar-refractivity contribution in [3.8, 4) is 9.75 Å². The molecular formula is C9H8GeS2. The van der Waals surface area contributed by atoms with Gasteiger partial charge in [-0.3, -0.25) is 0 Å². The Labute approximate surface area is 84.0 Å². The van der Waals surface area contributed by atoms with Crippen molar-refractivity contribution in [2.24, 2.45) is 0 Å². The van der Waals surface area contributed by atoms with Crippen molar-refractivity contribution >= 4 is 45.8 Å². The van der Waals surface area contributed by atoms with Gasteiger partial charge in [-0.05, 0) is 0 Å². The van der Waals surface area contributed by atoms with Crippen LogP contribution in [0, 0.1) is 0 Å². The molecule has 0 radical (unpaired) electrons. The predicted octanol–water partition coefficient (Wildman–Crippen LogP) is 1.76. The second-order valence-electron chi connectivity index (χ2n) is 3.13. The van der Waals surface area contributed by atoms with Crippen molar-refractivity contribution in [3.05, 3.63) is 22.9 Å². The van der Waals surface area contributed by atoms with Crippen LogP contribution < -0.4 is 8.79 Å². The van der Waals surface area contributed by atoms with Crippen LogP contribution in [0.1, 0.15) is 0 Å². The average Bonchev–Trinajstić information content (AvgIpc) is 2.72. The third-order valence-electron chi connectivity index (χ3n) is 2.53. The molecule has 12 heavy (non-hydrogen) atoms. The van der Waals surface area contributed by atoms with Crippen LogP contribution in [0.15, 0.2) is 22.9 Å². The molecule has 2 aromatic rings. The van der Waals surface area contributed by atoms with Crippen LogP contribution in [0.25, 0.3) is 9.75 Å². The molecule has 1 aliphatic heterocycles. The fourth-order valence-corrected chi connectivity index (χ4v) is 12.0. The van der Waals surface area contributed by atoms with Gasteiger partial charge < -0.3 is 0 Å². The average molecular weight is 253 g/mol. The first-order valence-electron chi connectivity index (χ1n) is 4.03. The van der Waals surface area contributed by atoms with E-state index in [0.717, 1.165) is 0 Å². The van der Waals surface area contributed by atoms with E-state index in [1.165, 1.54) is 0 Å². The Morgan fingerprint density at radius 1 is 1.00 bits per heavy atom. The first-order chi connectivity index (χ1) is 5.88. The Morgan fingerprint density at radius 3 is 2.00 bits per heavy atom. The molecule has 0 aromatic carbocycles. The van der Waals surface area contributed by atoms with Crippen LogP contribution in [0.5, 0.6) is 0 Å². The van der Waals surface area contributed by atoms with E-state index in [1.807, 2.05) is 22.7 Å². The Morgan fingerprint density at radius 2 is 1.50 bits per heavy atom. The maximum absolute atomic E-state index is 2.48. The van der Waals surface area contributed by atoms with Crippen LogP contribution >= 0.6 is 22.7 Å². The van der Waals surface area contributed by atoms with Gasteiger partial charge in [0.1, 0.15) is 0 Å². The van der Waals surface area contributed by atoms with Gasteiger partial charge in [-0.2, -0.15) is 0 Å². The molecule has 1 aliphatic rings. The van der Waals surface area contributed by atoms with Crippen molar-refractivity contribution in [1.82, 2.24) is 0 Å². The fourth-order valence-electron chi connectivity index (χ4n) is 1.86. The molecule has 0 saturated heterocycles. The van der Waals surface area contributed by atoms with Gasteiger partial charge in [0.15, 0.2) is 0 Å². The van der Waals surface area contributed by atoms with Gasteiger partial charge in [-0.15, -0.1) is 0 Å². The minimum atomic E-state index is -1.20. The molecule has 3 heterocycles. The minimum absolute atomic E-state index is 1.20. The van der Waals surface area contributed by atoms with Crippen molar-refractivity contribution in [1.29, 1.82) is 0 Å². The molecule has 2 aromatic heterocycles. The monoisotopic (exact) mass is 254 g/mol. The first-order valence-corrected chi connectivity index (χ1v) is 10.6. The third-order valence-corrected chi connectivity index (χ3v) is 11.4. The van der Waals surface area contributed by atoms with Gasteiger partial charge in [0.25, 0.3) is 0 Å². The molecule has 0 spiro atoms. The molecule has 0 saturated carbocycles. The van der Waals surface area contributed by atoms with Crippen molar-refractivity contribution in [2.75, 3.05) is 0 Å². The van der Waals surface area contributed by atoms with Crippen molar-refractivity contribution in [2.45, 2.75) is 5.76 Å². The van der Waals surface area contributed by atoms with E-state index in [9.17, 15) is 0 Å². The van der Waals surface area contributed by atoms with E-state index in [-0.39, 0.29) is 0 Å². The van der Waals surface area contributed by atoms with Gasteiger partial charge in [-0.1, -0.05) is 0 Å². The summed E-state index contributed by atoms with van der Waals surface area (Å²) in [4.78, 5) is 3.18. The summed E-state index contributed by atoms with van der Waals surface area (Å²) in [6.07, 6.45) is 0. The molecule has 3 rings (SSSR count). The molecule has 0 aliphatic carbocycles. The van der Waals surface area contributed by atoms with Crippen LogP contribution in [-0.2, 0) is 0 Å². The number of fused-ring (bicyclic) bond motifs is 3. The Hall–Kier alpha value is -0.0571. The third kappa shape index (κ3) is 0.779. The quantitative estimate of drug-likeness (QED) is 0.627. The summed E-state index contributed by atoms with van der Waals surface area (Å²) in [5.41, 5.74) is 0. The summed E-state index contributed by atoms with van der Waals surface area (Å²) in [7, 11) is 0. The molecule has 60 valence electrons. The second kappa shape index (κ2) is 2.47. The zero-order valence-corrected chi connectivity index (χ0v) is 10.8. The van der Waals surface area contributed by atoms with Gasteiger partial charge >= 0.3 is 84.2 Å². The number of hydrogen-bond acceptors (Lipinski definition) is 2. The van der Waals surface area contributed by atoms with Crippen LogP contribution in [0.2, 0.25) is 5.76 Å². The first kappa shape index (κ1) is 7.36. The van der Waals surface area contributed by atoms with Gasteiger partial charge in [-0.25, -0.2) is 0 Å². The van der Waals surface area contributed by atoms with Crippen molar-refractivity contribution in [3.63, 3.8) is 0 Å². The maximum atomic E-state index is 2.48. The topological polar surface area (TPSA) is 0 Å². The molecule has 0 fully saturated rings. The molecule has 3 heteroatoms. The summed E-state index contributed by atoms with van der Waals surface area (Å²) >= 11 is 2.64. The summed E-state index contributed by atoms with van der Waals surface area (Å²) in [5.74, 6) is 2.48. The number of hydrogen-bond donors (Lipinski definition) is 0. The van der Waals surface area contributed by atoms with Gasteiger partial charge in [0, 0.05) is 0 Å². The molecule has 0 bridgehead atoms. The van der Waals surface area contributed by atoms with Crippen molar-refractivity contribution < 1.29 is 0 Å². The second-order valence-corrected chi connectivity index (χ2v) is 10.6. The van der Waals surface area contributed by atoms with Gasteiger partial charge in [0.2, 0.25) is 0 Å². The zero-order valence-electron chi connectivity index (χ0n) is 6.70. The van der Waals surface area contributed by atoms with Crippen LogP contribution in [0.3, 0.4) is 0 Å². The van der Waals surface area contributed by atoms with Gasteiger partial charge in [0.05, 0.1) is 0 Å². The summed E-state index contributed by atoms with van der Waals surface area (Å²) < 4.78 is 3.43. The zero-order chi connectivity index (χ0) is 8.13. The van der Waals surface area contributed by atoms with Crippen LogP contribution in [-0.4, -0.2) is 14.3 Å². The van der Waals surface area contributed by atoms with E-state index in [2.05, 4.69) is 28.6 Å². The molecule has 0 unspecified atom stereocenters. The van der Waals surface area contributed by atoms with E-state index in [0.29, 0.717) is 0 Å². The number of thiophene rings is 2. The normalized spacial score (nSPS) is 14.8. The number of rotatable bonds is 0. The molecule has 0 amide bonds. The predicted molar refractivity (Wildman–Crippen MR) is 59.9 cm³/mol. The molecule has 0 atom stereocenters. The Bertz CT molecular complexity index is 387. The fraction of sp³-hybridized carbons (Fsp3) is 0.111. The van der Waals surface area contributed by atoms with E-state index < -0.39 is 14.3 Å². The Balaban J connectivity index is 2.39. The molecule has 0 nitrogen and oxygen atoms in total. The molecule has 0 N–H and O–H groups in total.